The third kappa shape index (κ3) is 7.77. The molecule has 1 aliphatic rings. The molecule has 40 heavy (non-hydrogen) atoms. The van der Waals surface area contributed by atoms with Gasteiger partial charge in [-0.2, -0.15) is 0 Å². The van der Waals surface area contributed by atoms with E-state index >= 15 is 0 Å². The van der Waals surface area contributed by atoms with Gasteiger partial charge in [0.25, 0.3) is 0 Å². The third-order valence-electron chi connectivity index (χ3n) is 6.95. The highest BCUT2D eigenvalue weighted by atomic mass is 16.5. The molecule has 0 aliphatic carbocycles. The molecule has 3 aromatic carbocycles. The van der Waals surface area contributed by atoms with Gasteiger partial charge in [0.05, 0.1) is 17.3 Å². The van der Waals surface area contributed by atoms with Gasteiger partial charge >= 0.3 is 5.97 Å². The van der Waals surface area contributed by atoms with Crippen LogP contribution in [-0.4, -0.2) is 72.1 Å². The van der Waals surface area contributed by atoms with Crippen LogP contribution in [0.15, 0.2) is 78.9 Å². The number of piperazine rings is 1. The Hall–Kier alpha value is -4.01. The molecular weight excluding hydrogens is 506 g/mol. The Labute approximate surface area is 235 Å². The molecule has 1 fully saturated rings. The van der Waals surface area contributed by atoms with Crippen LogP contribution in [0.25, 0.3) is 0 Å². The van der Waals surface area contributed by atoms with Crippen LogP contribution in [0, 0.1) is 5.92 Å². The molecule has 0 atom stereocenters. The van der Waals surface area contributed by atoms with Crippen molar-refractivity contribution in [3.05, 3.63) is 101 Å². The normalized spacial score (nSPS) is 13.9. The summed E-state index contributed by atoms with van der Waals surface area (Å²) >= 11 is 0. The van der Waals surface area contributed by atoms with E-state index in [2.05, 4.69) is 48.3 Å². The first-order valence-electron chi connectivity index (χ1n) is 13.7. The molecule has 0 unspecified atom stereocenters. The molecule has 2 N–H and O–H groups in total. The highest BCUT2D eigenvalue weighted by Crippen LogP contribution is 2.29. The van der Waals surface area contributed by atoms with Gasteiger partial charge in [0.2, 0.25) is 11.8 Å². The molecule has 8 heteroatoms. The minimum absolute atomic E-state index is 0.0322. The van der Waals surface area contributed by atoms with Gasteiger partial charge in [-0.05, 0) is 41.2 Å². The van der Waals surface area contributed by atoms with E-state index in [1.165, 1.54) is 11.1 Å². The predicted octanol–water partition coefficient (Wildman–Crippen LogP) is 4.47. The fourth-order valence-electron chi connectivity index (χ4n) is 5.10. The highest BCUT2D eigenvalue weighted by Gasteiger charge is 2.28. The molecule has 8 nitrogen and oxygen atoms in total. The van der Waals surface area contributed by atoms with Crippen LogP contribution in [0.3, 0.4) is 0 Å². The second-order valence-electron chi connectivity index (χ2n) is 10.5. The summed E-state index contributed by atoms with van der Waals surface area (Å²) in [7, 11) is 0. The van der Waals surface area contributed by atoms with E-state index in [4.69, 9.17) is 4.74 Å². The van der Waals surface area contributed by atoms with Crippen molar-refractivity contribution in [2.75, 3.05) is 44.7 Å². The van der Waals surface area contributed by atoms with E-state index in [0.29, 0.717) is 32.1 Å². The summed E-state index contributed by atoms with van der Waals surface area (Å²) in [6.45, 7) is 6.11. The topological polar surface area (TPSA) is 99.2 Å². The largest absolute Gasteiger partial charge is 0.478 e. The Kier molecular flexibility index (Phi) is 10.0. The quantitative estimate of drug-likeness (QED) is 0.370. The fraction of sp³-hybridized carbons (Fsp3) is 0.344. The number of nitrogens with one attached hydrogen (secondary N) is 1. The summed E-state index contributed by atoms with van der Waals surface area (Å²) in [4.78, 5) is 41.1. The zero-order chi connectivity index (χ0) is 28.5. The summed E-state index contributed by atoms with van der Waals surface area (Å²) in [5.41, 5.74) is 3.56. The van der Waals surface area contributed by atoms with Gasteiger partial charge in [-0.25, -0.2) is 4.79 Å². The van der Waals surface area contributed by atoms with E-state index in [9.17, 15) is 19.5 Å². The van der Waals surface area contributed by atoms with Crippen molar-refractivity contribution in [1.82, 2.24) is 9.80 Å². The first-order valence-corrected chi connectivity index (χ1v) is 13.7. The molecule has 1 heterocycles. The predicted molar refractivity (Wildman–Crippen MR) is 154 cm³/mol. The number of benzene rings is 3. The Morgan fingerprint density at radius 3 is 2.00 bits per heavy atom. The lowest BCUT2D eigenvalue weighted by molar-refractivity contribution is -0.139. The first-order chi connectivity index (χ1) is 19.3. The molecule has 4 rings (SSSR count). The van der Waals surface area contributed by atoms with Gasteiger partial charge in [-0.3, -0.25) is 14.5 Å². The lowest BCUT2D eigenvalue weighted by Crippen LogP contribution is -2.50. The minimum Gasteiger partial charge on any atom is -0.478 e. The number of hydrogen-bond acceptors (Lipinski definition) is 5. The van der Waals surface area contributed by atoms with Gasteiger partial charge in [-0.15, -0.1) is 0 Å². The van der Waals surface area contributed by atoms with E-state index in [-0.39, 0.29) is 36.4 Å². The van der Waals surface area contributed by atoms with Crippen LogP contribution in [-0.2, 0) is 20.7 Å². The summed E-state index contributed by atoms with van der Waals surface area (Å²) in [5.74, 6) is -1.42. The van der Waals surface area contributed by atoms with Crippen LogP contribution < -0.4 is 5.32 Å². The molecule has 0 radical (unpaired) electrons. The van der Waals surface area contributed by atoms with Crippen LogP contribution in [0.4, 0.5) is 5.69 Å². The molecule has 1 aliphatic heterocycles. The lowest BCUT2D eigenvalue weighted by atomic mass is 9.96. The molecular formula is C32H37N3O5. The number of rotatable bonds is 11. The molecule has 0 spiro atoms. The Bertz CT molecular complexity index is 1250. The Balaban J connectivity index is 1.27. The smallest absolute Gasteiger partial charge is 0.337 e. The second-order valence-corrected chi connectivity index (χ2v) is 10.5. The van der Waals surface area contributed by atoms with Crippen molar-refractivity contribution in [2.24, 2.45) is 5.92 Å². The SMILES string of the molecule is CC(C)Cc1ccc(NC(=O)COCC(=O)N2CCN(C(c3ccccc3)c3ccccc3)CC2)c(C(=O)O)c1. The van der Waals surface area contributed by atoms with E-state index < -0.39 is 11.9 Å². The molecule has 0 bridgehead atoms. The molecule has 2 amide bonds. The van der Waals surface area contributed by atoms with Crippen molar-refractivity contribution < 1.29 is 24.2 Å². The third-order valence-corrected chi connectivity index (χ3v) is 6.95. The zero-order valence-corrected chi connectivity index (χ0v) is 23.1. The monoisotopic (exact) mass is 543 g/mol. The van der Waals surface area contributed by atoms with Crippen LogP contribution in [0.2, 0.25) is 0 Å². The summed E-state index contributed by atoms with van der Waals surface area (Å²) in [6.07, 6.45) is 0.743. The van der Waals surface area contributed by atoms with Crippen LogP contribution in [0.5, 0.6) is 0 Å². The summed E-state index contributed by atoms with van der Waals surface area (Å²) < 4.78 is 5.41. The number of carbonyl (C=O) groups is 3. The molecule has 3 aromatic rings. The number of amides is 2. The summed E-state index contributed by atoms with van der Waals surface area (Å²) in [5, 5.41) is 12.2. The maximum absolute atomic E-state index is 12.8. The van der Waals surface area contributed by atoms with Gasteiger partial charge in [0.15, 0.2) is 0 Å². The van der Waals surface area contributed by atoms with Crippen molar-refractivity contribution in [2.45, 2.75) is 26.3 Å². The average Bonchev–Trinajstić information content (AvgIpc) is 2.95. The van der Waals surface area contributed by atoms with E-state index in [1.807, 2.05) is 42.5 Å². The second kappa shape index (κ2) is 13.9. The maximum atomic E-state index is 12.8. The number of carbonyl (C=O) groups excluding carboxylic acids is 2. The van der Waals surface area contributed by atoms with E-state index in [1.54, 1.807) is 17.0 Å². The standard InChI is InChI=1S/C32H37N3O5/c1-23(2)19-24-13-14-28(27(20-24)32(38)39)33-29(36)21-40-22-30(37)34-15-17-35(18-16-34)31(25-9-5-3-6-10-25)26-11-7-4-8-12-26/h3-14,20,23,31H,15-19,21-22H2,1-2H3,(H,33,36)(H,38,39). The van der Waals surface area contributed by atoms with Gasteiger partial charge < -0.3 is 20.1 Å². The van der Waals surface area contributed by atoms with Gasteiger partial charge in [0.1, 0.15) is 13.2 Å². The number of carboxylic acid groups (broad SMARTS) is 1. The number of carboxylic acids is 1. The molecule has 1 saturated heterocycles. The maximum Gasteiger partial charge on any atom is 0.337 e. The number of anilines is 1. The lowest BCUT2D eigenvalue weighted by Gasteiger charge is -2.39. The number of hydrogen-bond donors (Lipinski definition) is 2. The highest BCUT2D eigenvalue weighted by molar-refractivity contribution is 6.01. The van der Waals surface area contributed by atoms with Crippen molar-refractivity contribution >= 4 is 23.5 Å². The Morgan fingerprint density at radius 2 is 1.45 bits per heavy atom. The van der Waals surface area contributed by atoms with Crippen molar-refractivity contribution in [1.29, 1.82) is 0 Å². The Morgan fingerprint density at radius 1 is 0.850 bits per heavy atom. The van der Waals surface area contributed by atoms with E-state index in [0.717, 1.165) is 12.0 Å². The van der Waals surface area contributed by atoms with Crippen LogP contribution >= 0.6 is 0 Å². The van der Waals surface area contributed by atoms with Crippen LogP contribution in [0.1, 0.15) is 46.9 Å². The molecule has 210 valence electrons. The minimum atomic E-state index is -1.11. The van der Waals surface area contributed by atoms with Crippen molar-refractivity contribution in [3.8, 4) is 0 Å². The van der Waals surface area contributed by atoms with Gasteiger partial charge in [0, 0.05) is 26.2 Å². The van der Waals surface area contributed by atoms with Gasteiger partial charge in [-0.1, -0.05) is 80.6 Å². The van der Waals surface area contributed by atoms with Crippen molar-refractivity contribution in [3.63, 3.8) is 0 Å². The number of nitrogens with zero attached hydrogens (tertiary/aromatic N) is 2. The number of aromatic carboxylic acids is 1. The molecule has 0 aromatic heterocycles. The number of ether oxygens (including phenoxy) is 1. The average molecular weight is 544 g/mol. The first kappa shape index (κ1) is 29.0. The zero-order valence-electron chi connectivity index (χ0n) is 23.1. The molecule has 0 saturated carbocycles. The summed E-state index contributed by atoms with van der Waals surface area (Å²) in [6, 6.07) is 25.8. The fourth-order valence-corrected chi connectivity index (χ4v) is 5.10.